The second-order valence-electron chi connectivity index (χ2n) is 8.83. The van der Waals surface area contributed by atoms with Crippen LogP contribution >= 0.6 is 0 Å². The minimum Gasteiger partial charge on any atom is -0.366 e. The van der Waals surface area contributed by atoms with Crippen LogP contribution in [0.5, 0.6) is 0 Å². The topological polar surface area (TPSA) is 76.3 Å². The first-order chi connectivity index (χ1) is 13.6. The van der Waals surface area contributed by atoms with Crippen LogP contribution in [0.3, 0.4) is 0 Å². The Kier molecular flexibility index (Phi) is 5.68. The number of carbonyl (C=O) groups excluding carboxylic acids is 1. The van der Waals surface area contributed by atoms with E-state index < -0.39 is 0 Å². The molecule has 0 unspecified atom stereocenters. The number of amides is 1. The monoisotopic (exact) mass is 398 g/mol. The fraction of sp³-hybridized carbons (Fsp3) is 0.500. The number of aryl methyl sites for hydroxylation is 1. The van der Waals surface area contributed by atoms with Gasteiger partial charge in [-0.05, 0) is 36.0 Å². The Balaban J connectivity index is 1.62. The molecule has 1 saturated heterocycles. The predicted molar refractivity (Wildman–Crippen MR) is 115 cm³/mol. The molecule has 29 heavy (non-hydrogen) atoms. The Morgan fingerprint density at radius 3 is 2.17 bits per heavy atom. The number of piperidine rings is 1. The molecule has 7 heteroatoms. The molecule has 156 valence electrons. The second kappa shape index (κ2) is 7.89. The molecule has 0 spiro atoms. The first-order valence-corrected chi connectivity index (χ1v) is 10.0. The Morgan fingerprint density at radius 2 is 1.62 bits per heavy atom. The van der Waals surface area contributed by atoms with E-state index in [2.05, 4.69) is 26.1 Å². The van der Waals surface area contributed by atoms with Crippen LogP contribution < -0.4 is 21.5 Å². The van der Waals surface area contributed by atoms with Crippen molar-refractivity contribution in [2.24, 2.45) is 14.1 Å². The van der Waals surface area contributed by atoms with Gasteiger partial charge in [0, 0.05) is 45.0 Å². The number of anilines is 1. The summed E-state index contributed by atoms with van der Waals surface area (Å²) in [5.41, 5.74) is 1.82. The van der Waals surface area contributed by atoms with E-state index in [-0.39, 0.29) is 28.6 Å². The summed E-state index contributed by atoms with van der Waals surface area (Å²) in [5, 5.41) is 3.11. The van der Waals surface area contributed by atoms with Crippen molar-refractivity contribution < 1.29 is 4.79 Å². The van der Waals surface area contributed by atoms with E-state index >= 15 is 0 Å². The van der Waals surface area contributed by atoms with Gasteiger partial charge < -0.3 is 14.8 Å². The molecule has 1 aliphatic rings. The molecule has 0 radical (unpaired) electrons. The lowest BCUT2D eigenvalue weighted by Gasteiger charge is -2.33. The van der Waals surface area contributed by atoms with Crippen LogP contribution in [0.1, 0.15) is 49.5 Å². The van der Waals surface area contributed by atoms with Crippen molar-refractivity contribution in [2.75, 3.05) is 18.0 Å². The van der Waals surface area contributed by atoms with Crippen molar-refractivity contribution in [2.45, 2.75) is 45.1 Å². The highest BCUT2D eigenvalue weighted by molar-refractivity contribution is 5.94. The molecule has 0 atom stereocenters. The summed E-state index contributed by atoms with van der Waals surface area (Å²) in [5.74, 6) is -0.0677. The minimum absolute atomic E-state index is 0.0554. The largest absolute Gasteiger partial charge is 0.366 e. The van der Waals surface area contributed by atoms with Crippen LogP contribution in [0.25, 0.3) is 0 Å². The second-order valence-corrected chi connectivity index (χ2v) is 8.83. The van der Waals surface area contributed by atoms with E-state index in [4.69, 9.17) is 0 Å². The number of nitrogens with zero attached hydrogens (tertiary/aromatic N) is 3. The van der Waals surface area contributed by atoms with Gasteiger partial charge in [-0.25, -0.2) is 4.79 Å². The number of hydrogen-bond donors (Lipinski definition) is 1. The van der Waals surface area contributed by atoms with Crippen molar-refractivity contribution in [3.05, 3.63) is 62.4 Å². The van der Waals surface area contributed by atoms with Gasteiger partial charge in [0.05, 0.1) is 0 Å². The number of carbonyl (C=O) groups is 1. The SMILES string of the molecule is Cn1cc(N2CCC(NC(=O)c3ccc(C(C)(C)C)cc3)CC2)c(=O)n(C)c1=O. The lowest BCUT2D eigenvalue weighted by Crippen LogP contribution is -2.47. The van der Waals surface area contributed by atoms with Crippen molar-refractivity contribution in [1.82, 2.24) is 14.5 Å². The molecule has 3 rings (SSSR count). The molecule has 7 nitrogen and oxygen atoms in total. The van der Waals surface area contributed by atoms with Gasteiger partial charge in [0.1, 0.15) is 5.69 Å². The summed E-state index contributed by atoms with van der Waals surface area (Å²) in [6.07, 6.45) is 3.09. The molecule has 2 heterocycles. The highest BCUT2D eigenvalue weighted by Gasteiger charge is 2.24. The molecule has 1 aromatic heterocycles. The molecule has 1 aromatic carbocycles. The number of aromatic nitrogens is 2. The average Bonchev–Trinajstić information content (AvgIpc) is 2.69. The highest BCUT2D eigenvalue weighted by Crippen LogP contribution is 2.22. The molecule has 0 bridgehead atoms. The number of benzene rings is 1. The van der Waals surface area contributed by atoms with E-state index in [1.54, 1.807) is 13.2 Å². The third-order valence-electron chi connectivity index (χ3n) is 5.61. The van der Waals surface area contributed by atoms with E-state index in [0.717, 1.165) is 17.4 Å². The third-order valence-corrected chi connectivity index (χ3v) is 5.61. The number of hydrogen-bond acceptors (Lipinski definition) is 4. The number of nitrogens with one attached hydrogen (secondary N) is 1. The summed E-state index contributed by atoms with van der Waals surface area (Å²) in [6, 6.07) is 7.83. The lowest BCUT2D eigenvalue weighted by atomic mass is 9.86. The van der Waals surface area contributed by atoms with Crippen molar-refractivity contribution >= 4 is 11.6 Å². The van der Waals surface area contributed by atoms with E-state index in [9.17, 15) is 14.4 Å². The Bertz CT molecular complexity index is 1000. The van der Waals surface area contributed by atoms with Crippen molar-refractivity contribution in [3.63, 3.8) is 0 Å². The summed E-state index contributed by atoms with van der Waals surface area (Å²) >= 11 is 0. The zero-order valence-electron chi connectivity index (χ0n) is 17.9. The lowest BCUT2D eigenvalue weighted by molar-refractivity contribution is 0.0931. The third kappa shape index (κ3) is 4.44. The smallest absolute Gasteiger partial charge is 0.330 e. The molecule has 0 aliphatic carbocycles. The Labute approximate surface area is 171 Å². The maximum absolute atomic E-state index is 12.6. The fourth-order valence-electron chi connectivity index (χ4n) is 3.66. The van der Waals surface area contributed by atoms with E-state index in [1.165, 1.54) is 17.2 Å². The maximum Gasteiger partial charge on any atom is 0.330 e. The van der Waals surface area contributed by atoms with E-state index in [1.807, 2.05) is 29.2 Å². The molecular formula is C22H30N4O3. The van der Waals surface area contributed by atoms with Gasteiger partial charge in [-0.1, -0.05) is 32.9 Å². The van der Waals surface area contributed by atoms with Crippen LogP contribution in [0, 0.1) is 0 Å². The van der Waals surface area contributed by atoms with Gasteiger partial charge in [0.25, 0.3) is 11.5 Å². The van der Waals surface area contributed by atoms with Crippen LogP contribution in [-0.2, 0) is 19.5 Å². The summed E-state index contributed by atoms with van der Waals surface area (Å²) < 4.78 is 2.55. The predicted octanol–water partition coefficient (Wildman–Crippen LogP) is 1.78. The van der Waals surface area contributed by atoms with Gasteiger partial charge in [0.15, 0.2) is 0 Å². The highest BCUT2D eigenvalue weighted by atomic mass is 16.2. The van der Waals surface area contributed by atoms with Crippen molar-refractivity contribution in [1.29, 1.82) is 0 Å². The van der Waals surface area contributed by atoms with Crippen LogP contribution in [0.2, 0.25) is 0 Å². The molecule has 2 aromatic rings. The summed E-state index contributed by atoms with van der Waals surface area (Å²) in [7, 11) is 3.13. The fourth-order valence-corrected chi connectivity index (χ4v) is 3.66. The summed E-state index contributed by atoms with van der Waals surface area (Å²) in [4.78, 5) is 38.9. The molecule has 0 saturated carbocycles. The van der Waals surface area contributed by atoms with Crippen molar-refractivity contribution in [3.8, 4) is 0 Å². The van der Waals surface area contributed by atoms with Crippen LogP contribution in [-0.4, -0.2) is 34.2 Å². The quantitative estimate of drug-likeness (QED) is 0.855. The minimum atomic E-state index is -0.335. The first kappa shape index (κ1) is 20.9. The molecule has 1 fully saturated rings. The van der Waals surface area contributed by atoms with Gasteiger partial charge in [0.2, 0.25) is 0 Å². The molecular weight excluding hydrogens is 368 g/mol. The van der Waals surface area contributed by atoms with Gasteiger partial charge in [-0.3, -0.25) is 14.2 Å². The Hall–Kier alpha value is -2.83. The summed E-state index contributed by atoms with van der Waals surface area (Å²) in [6.45, 7) is 7.75. The van der Waals surface area contributed by atoms with Crippen LogP contribution in [0.4, 0.5) is 5.69 Å². The van der Waals surface area contributed by atoms with Gasteiger partial charge in [-0.15, -0.1) is 0 Å². The van der Waals surface area contributed by atoms with Crippen LogP contribution in [0.15, 0.2) is 40.1 Å². The van der Waals surface area contributed by atoms with Gasteiger partial charge in [-0.2, -0.15) is 0 Å². The Morgan fingerprint density at radius 1 is 1.03 bits per heavy atom. The molecule has 1 aliphatic heterocycles. The normalized spacial score (nSPS) is 15.4. The average molecular weight is 399 g/mol. The zero-order valence-corrected chi connectivity index (χ0v) is 17.9. The molecule has 1 amide bonds. The molecule has 1 N–H and O–H groups in total. The first-order valence-electron chi connectivity index (χ1n) is 10.0. The number of rotatable bonds is 3. The zero-order chi connectivity index (χ0) is 21.3. The maximum atomic E-state index is 12.6. The van der Waals surface area contributed by atoms with Gasteiger partial charge >= 0.3 is 5.69 Å². The standard InChI is InChI=1S/C22H30N4O3/c1-22(2,3)16-8-6-15(7-9-16)19(27)23-17-10-12-26(13-11-17)18-14-24(4)21(29)25(5)20(18)28/h6-9,14,17H,10-13H2,1-5H3,(H,23,27). The van der Waals surface area contributed by atoms with E-state index in [0.29, 0.717) is 24.3 Å².